The van der Waals surface area contributed by atoms with Gasteiger partial charge in [-0.2, -0.15) is 0 Å². The van der Waals surface area contributed by atoms with Crippen LogP contribution in [0.5, 0.6) is 0 Å². The van der Waals surface area contributed by atoms with Crippen molar-refractivity contribution in [3.8, 4) is 0 Å². The maximum atomic E-state index is 9.14. The average Bonchev–Trinajstić information content (AvgIpc) is 1.95. The predicted octanol–water partition coefficient (Wildman–Crippen LogP) is 2.44. The van der Waals surface area contributed by atoms with E-state index in [-0.39, 0.29) is 0 Å². The zero-order valence-corrected chi connectivity index (χ0v) is 7.93. The fourth-order valence-electron chi connectivity index (χ4n) is 2.14. The molecule has 1 fully saturated rings. The quantitative estimate of drug-likeness (QED) is 0.618. The van der Waals surface area contributed by atoms with Crippen LogP contribution < -0.4 is 0 Å². The molecule has 1 N–H and O–H groups in total. The Labute approximate surface area is 69.8 Å². The fraction of sp³-hybridized carbons (Fsp3) is 1.00. The molecule has 0 aromatic carbocycles. The largest absolute Gasteiger partial charge is 0.396 e. The second-order valence-corrected chi connectivity index (χ2v) is 4.53. The molecule has 66 valence electrons. The highest BCUT2D eigenvalue weighted by atomic mass is 16.3. The normalized spacial score (nSPS) is 37.1. The first-order valence-corrected chi connectivity index (χ1v) is 4.70. The van der Waals surface area contributed by atoms with Gasteiger partial charge in [-0.05, 0) is 23.7 Å². The van der Waals surface area contributed by atoms with Crippen molar-refractivity contribution in [3.05, 3.63) is 0 Å². The Morgan fingerprint density at radius 3 is 2.45 bits per heavy atom. The van der Waals surface area contributed by atoms with Crippen LogP contribution in [-0.4, -0.2) is 11.7 Å². The number of rotatable bonds is 1. The molecule has 1 saturated carbocycles. The minimum atomic E-state index is 0.354. The van der Waals surface area contributed by atoms with Gasteiger partial charge in [0.15, 0.2) is 0 Å². The van der Waals surface area contributed by atoms with Crippen molar-refractivity contribution in [3.63, 3.8) is 0 Å². The molecule has 0 aromatic rings. The van der Waals surface area contributed by atoms with Gasteiger partial charge in [0.25, 0.3) is 0 Å². The van der Waals surface area contributed by atoms with Crippen LogP contribution in [0.2, 0.25) is 0 Å². The van der Waals surface area contributed by atoms with Gasteiger partial charge in [0.05, 0.1) is 0 Å². The summed E-state index contributed by atoms with van der Waals surface area (Å²) >= 11 is 0. The first-order valence-electron chi connectivity index (χ1n) is 4.70. The van der Waals surface area contributed by atoms with Crippen LogP contribution in [0.15, 0.2) is 0 Å². The predicted molar refractivity (Wildman–Crippen MR) is 47.4 cm³/mol. The van der Waals surface area contributed by atoms with Gasteiger partial charge in [0.2, 0.25) is 0 Å². The lowest BCUT2D eigenvalue weighted by Crippen LogP contribution is -2.36. The molecule has 0 bridgehead atoms. The molecule has 0 radical (unpaired) electrons. The van der Waals surface area contributed by atoms with Gasteiger partial charge in [-0.25, -0.2) is 0 Å². The Morgan fingerprint density at radius 1 is 1.36 bits per heavy atom. The Bertz CT molecular complexity index is 129. The van der Waals surface area contributed by atoms with Gasteiger partial charge < -0.3 is 5.11 Å². The average molecular weight is 156 g/mol. The third-order valence-electron chi connectivity index (χ3n) is 3.73. The van der Waals surface area contributed by atoms with Crippen molar-refractivity contribution in [2.75, 3.05) is 6.61 Å². The van der Waals surface area contributed by atoms with Crippen LogP contribution in [0.1, 0.15) is 40.0 Å². The van der Waals surface area contributed by atoms with Crippen molar-refractivity contribution < 1.29 is 5.11 Å². The summed E-state index contributed by atoms with van der Waals surface area (Å²) in [7, 11) is 0. The standard InChI is InChI=1S/C10H20O/c1-8-5-4-6-9(7-11)10(8,2)3/h8-9,11H,4-7H2,1-3H3/t8-,9-/m1/s1. The molecular weight excluding hydrogens is 136 g/mol. The molecule has 11 heavy (non-hydrogen) atoms. The molecule has 0 spiro atoms. The van der Waals surface area contributed by atoms with E-state index in [0.717, 1.165) is 5.92 Å². The fourth-order valence-corrected chi connectivity index (χ4v) is 2.14. The topological polar surface area (TPSA) is 20.2 Å². The third-order valence-corrected chi connectivity index (χ3v) is 3.73. The minimum absolute atomic E-state index is 0.354. The number of aliphatic hydroxyl groups is 1. The van der Waals surface area contributed by atoms with Gasteiger partial charge >= 0.3 is 0 Å². The van der Waals surface area contributed by atoms with E-state index in [4.69, 9.17) is 5.11 Å². The van der Waals surface area contributed by atoms with Crippen molar-refractivity contribution in [1.29, 1.82) is 0 Å². The van der Waals surface area contributed by atoms with E-state index in [1.165, 1.54) is 19.3 Å². The molecule has 1 aliphatic rings. The van der Waals surface area contributed by atoms with E-state index in [1.807, 2.05) is 0 Å². The molecule has 1 heteroatoms. The molecule has 1 aliphatic carbocycles. The highest BCUT2D eigenvalue weighted by Crippen LogP contribution is 2.44. The van der Waals surface area contributed by atoms with Crippen LogP contribution in [0.3, 0.4) is 0 Å². The van der Waals surface area contributed by atoms with Crippen molar-refractivity contribution in [2.24, 2.45) is 17.3 Å². The molecule has 0 unspecified atom stereocenters. The SMILES string of the molecule is C[C@@H]1CCC[C@H](CO)C1(C)C. The summed E-state index contributed by atoms with van der Waals surface area (Å²) in [5, 5.41) is 9.14. The van der Waals surface area contributed by atoms with Gasteiger partial charge in [-0.1, -0.05) is 33.6 Å². The smallest absolute Gasteiger partial charge is 0.0464 e. The van der Waals surface area contributed by atoms with Crippen molar-refractivity contribution in [1.82, 2.24) is 0 Å². The molecule has 0 amide bonds. The van der Waals surface area contributed by atoms with E-state index >= 15 is 0 Å². The molecule has 1 rings (SSSR count). The zero-order chi connectivity index (χ0) is 8.48. The molecule has 0 aromatic heterocycles. The lowest BCUT2D eigenvalue weighted by atomic mass is 9.63. The Hall–Kier alpha value is -0.0400. The summed E-state index contributed by atoms with van der Waals surface area (Å²) in [6.45, 7) is 7.26. The monoisotopic (exact) mass is 156 g/mol. The molecule has 0 saturated heterocycles. The van der Waals surface area contributed by atoms with Gasteiger partial charge in [0.1, 0.15) is 0 Å². The Kier molecular flexibility index (Phi) is 2.58. The Balaban J connectivity index is 2.64. The highest BCUT2D eigenvalue weighted by molar-refractivity contribution is 4.86. The summed E-state index contributed by atoms with van der Waals surface area (Å²) in [5.74, 6) is 1.31. The summed E-state index contributed by atoms with van der Waals surface area (Å²) in [6, 6.07) is 0. The van der Waals surface area contributed by atoms with Gasteiger partial charge in [-0.3, -0.25) is 0 Å². The molecule has 2 atom stereocenters. The number of hydrogen-bond donors (Lipinski definition) is 1. The second kappa shape index (κ2) is 3.14. The number of aliphatic hydroxyl groups excluding tert-OH is 1. The van der Waals surface area contributed by atoms with Gasteiger partial charge in [-0.15, -0.1) is 0 Å². The van der Waals surface area contributed by atoms with Crippen LogP contribution in [0.25, 0.3) is 0 Å². The maximum absolute atomic E-state index is 9.14. The van der Waals surface area contributed by atoms with Crippen molar-refractivity contribution >= 4 is 0 Å². The molecule has 0 heterocycles. The first-order chi connectivity index (χ1) is 5.09. The Morgan fingerprint density at radius 2 is 2.00 bits per heavy atom. The summed E-state index contributed by atoms with van der Waals surface area (Å²) < 4.78 is 0. The summed E-state index contributed by atoms with van der Waals surface area (Å²) in [6.07, 6.45) is 3.85. The van der Waals surface area contributed by atoms with E-state index in [0.29, 0.717) is 17.9 Å². The van der Waals surface area contributed by atoms with Crippen LogP contribution in [0, 0.1) is 17.3 Å². The third kappa shape index (κ3) is 1.58. The van der Waals surface area contributed by atoms with Gasteiger partial charge in [0, 0.05) is 6.61 Å². The van der Waals surface area contributed by atoms with Crippen LogP contribution in [-0.2, 0) is 0 Å². The molecule has 1 nitrogen and oxygen atoms in total. The summed E-state index contributed by atoms with van der Waals surface area (Å²) in [5.41, 5.74) is 0.354. The molecule has 0 aliphatic heterocycles. The summed E-state index contributed by atoms with van der Waals surface area (Å²) in [4.78, 5) is 0. The lowest BCUT2D eigenvalue weighted by molar-refractivity contribution is 0.0284. The van der Waals surface area contributed by atoms with E-state index < -0.39 is 0 Å². The lowest BCUT2D eigenvalue weighted by Gasteiger charge is -2.43. The van der Waals surface area contributed by atoms with E-state index in [2.05, 4.69) is 20.8 Å². The highest BCUT2D eigenvalue weighted by Gasteiger charge is 2.36. The molecular formula is C10H20O. The maximum Gasteiger partial charge on any atom is 0.0464 e. The zero-order valence-electron chi connectivity index (χ0n) is 7.93. The first kappa shape index (κ1) is 9.05. The second-order valence-electron chi connectivity index (χ2n) is 4.53. The van der Waals surface area contributed by atoms with Crippen LogP contribution >= 0.6 is 0 Å². The van der Waals surface area contributed by atoms with Crippen molar-refractivity contribution in [2.45, 2.75) is 40.0 Å². The minimum Gasteiger partial charge on any atom is -0.396 e. The van der Waals surface area contributed by atoms with E-state index in [1.54, 1.807) is 0 Å². The number of hydrogen-bond acceptors (Lipinski definition) is 1. The van der Waals surface area contributed by atoms with Crippen LogP contribution in [0.4, 0.5) is 0 Å². The van der Waals surface area contributed by atoms with E-state index in [9.17, 15) is 0 Å².